The average molecular weight is 403 g/mol. The van der Waals surface area contributed by atoms with Crippen LogP contribution in [0.5, 0.6) is 0 Å². The Kier molecular flexibility index (Phi) is 5.59. The van der Waals surface area contributed by atoms with E-state index >= 15 is 0 Å². The van der Waals surface area contributed by atoms with E-state index in [0.717, 1.165) is 23.1 Å². The van der Waals surface area contributed by atoms with Gasteiger partial charge in [-0.05, 0) is 28.0 Å². The fourth-order valence-corrected chi connectivity index (χ4v) is 4.17. The molecule has 0 radical (unpaired) electrons. The van der Waals surface area contributed by atoms with Crippen LogP contribution in [0.2, 0.25) is 25.7 Å². The summed E-state index contributed by atoms with van der Waals surface area (Å²) in [5.74, 6) is -0.926. The van der Waals surface area contributed by atoms with Gasteiger partial charge >= 0.3 is 5.97 Å². The normalized spacial score (nSPS) is 11.8. The number of ether oxygens (including phenoxy) is 1. The second kappa shape index (κ2) is 7.07. The van der Waals surface area contributed by atoms with Gasteiger partial charge in [-0.2, -0.15) is 5.10 Å². The van der Waals surface area contributed by atoms with Crippen LogP contribution in [-0.2, 0) is 11.5 Å². The highest BCUT2D eigenvalue weighted by Crippen LogP contribution is 2.34. The van der Waals surface area contributed by atoms with E-state index in [1.165, 1.54) is 11.3 Å². The van der Waals surface area contributed by atoms with Crippen LogP contribution in [-0.4, -0.2) is 35.5 Å². The van der Waals surface area contributed by atoms with E-state index < -0.39 is 14.0 Å². The molecule has 2 rings (SSSR count). The molecular weight excluding hydrogens is 384 g/mol. The van der Waals surface area contributed by atoms with Crippen molar-refractivity contribution < 1.29 is 14.6 Å². The first-order chi connectivity index (χ1) is 10.3. The third-order valence-electron chi connectivity index (χ3n) is 3.02. The first-order valence-electron chi connectivity index (χ1n) is 6.89. The molecule has 0 aliphatic heterocycles. The van der Waals surface area contributed by atoms with Crippen molar-refractivity contribution in [2.45, 2.75) is 32.4 Å². The quantitative estimate of drug-likeness (QED) is 0.550. The van der Waals surface area contributed by atoms with Gasteiger partial charge in [0.05, 0.1) is 6.20 Å². The first-order valence-corrected chi connectivity index (χ1v) is 12.2. The zero-order chi connectivity index (χ0) is 16.3. The highest BCUT2D eigenvalue weighted by Gasteiger charge is 2.15. The predicted molar refractivity (Wildman–Crippen MR) is 94.3 cm³/mol. The summed E-state index contributed by atoms with van der Waals surface area (Å²) < 4.78 is 7.97. The first kappa shape index (κ1) is 17.4. The molecule has 0 aromatic carbocycles. The number of carboxylic acid groups (broad SMARTS) is 1. The Labute approximate surface area is 143 Å². The minimum absolute atomic E-state index is 0.300. The maximum absolute atomic E-state index is 11.1. The lowest BCUT2D eigenvalue weighted by Gasteiger charge is -2.15. The van der Waals surface area contributed by atoms with E-state index in [1.807, 2.05) is 12.3 Å². The van der Waals surface area contributed by atoms with Gasteiger partial charge < -0.3 is 9.84 Å². The van der Waals surface area contributed by atoms with Crippen molar-refractivity contribution in [3.05, 3.63) is 27.8 Å². The van der Waals surface area contributed by atoms with Gasteiger partial charge in [0, 0.05) is 35.8 Å². The van der Waals surface area contributed by atoms with Crippen molar-refractivity contribution in [1.82, 2.24) is 9.78 Å². The van der Waals surface area contributed by atoms with Gasteiger partial charge in [0.2, 0.25) is 0 Å². The van der Waals surface area contributed by atoms with Crippen LogP contribution in [0.4, 0.5) is 0 Å². The Balaban J connectivity index is 1.97. The molecule has 2 heterocycles. The summed E-state index contributed by atoms with van der Waals surface area (Å²) in [4.78, 5) is 12.2. The van der Waals surface area contributed by atoms with E-state index in [1.54, 1.807) is 10.9 Å². The Morgan fingerprint density at radius 3 is 2.82 bits per heavy atom. The van der Waals surface area contributed by atoms with Gasteiger partial charge in [0.1, 0.15) is 11.6 Å². The molecule has 0 aliphatic rings. The Hall–Kier alpha value is -0.963. The summed E-state index contributed by atoms with van der Waals surface area (Å²) >= 11 is 4.50. The molecule has 1 N–H and O–H groups in total. The number of aromatic carboxylic acids is 1. The fraction of sp³-hybridized carbons (Fsp3) is 0.429. The summed E-state index contributed by atoms with van der Waals surface area (Å²) in [6.45, 7) is 8.12. The lowest BCUT2D eigenvalue weighted by atomic mass is 10.3. The average Bonchev–Trinajstić information content (AvgIpc) is 3.00. The molecule has 0 aliphatic carbocycles. The molecule has 0 amide bonds. The van der Waals surface area contributed by atoms with Crippen LogP contribution in [0, 0.1) is 0 Å². The number of hydrogen-bond donors (Lipinski definition) is 1. The van der Waals surface area contributed by atoms with Gasteiger partial charge in [0.25, 0.3) is 0 Å². The van der Waals surface area contributed by atoms with Crippen molar-refractivity contribution in [3.63, 3.8) is 0 Å². The van der Waals surface area contributed by atoms with E-state index in [9.17, 15) is 4.79 Å². The topological polar surface area (TPSA) is 64.3 Å². The number of rotatable bonds is 7. The van der Waals surface area contributed by atoms with E-state index in [2.05, 4.69) is 40.7 Å². The Morgan fingerprint density at radius 2 is 2.23 bits per heavy atom. The summed E-state index contributed by atoms with van der Waals surface area (Å²) in [5.41, 5.74) is 0.895. The van der Waals surface area contributed by atoms with Crippen LogP contribution >= 0.6 is 27.3 Å². The molecule has 0 fully saturated rings. The van der Waals surface area contributed by atoms with E-state index in [4.69, 9.17) is 9.84 Å². The zero-order valence-electron chi connectivity index (χ0n) is 12.8. The number of aromatic nitrogens is 2. The second-order valence-corrected chi connectivity index (χ2v) is 13.7. The van der Waals surface area contributed by atoms with Gasteiger partial charge in [-0.3, -0.25) is 0 Å². The van der Waals surface area contributed by atoms with Crippen LogP contribution in [0.25, 0.3) is 10.4 Å². The molecule has 0 saturated heterocycles. The molecule has 22 heavy (non-hydrogen) atoms. The number of carbonyl (C=O) groups is 1. The molecule has 2 aromatic rings. The lowest BCUT2D eigenvalue weighted by Crippen LogP contribution is -2.22. The molecule has 0 atom stereocenters. The summed E-state index contributed by atoms with van der Waals surface area (Å²) in [5, 5.41) is 13.3. The van der Waals surface area contributed by atoms with E-state index in [0.29, 0.717) is 16.1 Å². The highest BCUT2D eigenvalue weighted by atomic mass is 79.9. The van der Waals surface area contributed by atoms with Gasteiger partial charge in [-0.15, -0.1) is 11.3 Å². The maximum Gasteiger partial charge on any atom is 0.347 e. The van der Waals surface area contributed by atoms with Crippen LogP contribution in [0.3, 0.4) is 0 Å². The number of nitrogens with zero attached hydrogens (tertiary/aromatic N) is 2. The maximum atomic E-state index is 11.1. The summed E-state index contributed by atoms with van der Waals surface area (Å²) in [6, 6.07) is 2.93. The molecule has 0 spiro atoms. The SMILES string of the molecule is C[Si](C)(C)CCOCn1cc(-c2cc(Br)c(C(=O)O)s2)cn1. The fourth-order valence-electron chi connectivity index (χ4n) is 1.75. The molecular formula is C14H19BrN2O3SSi. The summed E-state index contributed by atoms with van der Waals surface area (Å²) in [6.07, 6.45) is 3.60. The van der Waals surface area contributed by atoms with Gasteiger partial charge in [-0.1, -0.05) is 19.6 Å². The van der Waals surface area contributed by atoms with E-state index in [-0.39, 0.29) is 0 Å². The highest BCUT2D eigenvalue weighted by molar-refractivity contribution is 9.10. The monoisotopic (exact) mass is 402 g/mol. The van der Waals surface area contributed by atoms with Gasteiger partial charge in [-0.25, -0.2) is 9.48 Å². The second-order valence-electron chi connectivity index (χ2n) is 6.21. The number of thiophene rings is 1. The van der Waals surface area contributed by atoms with Crippen molar-refractivity contribution >= 4 is 41.3 Å². The smallest absolute Gasteiger partial charge is 0.347 e. The number of halogens is 1. The largest absolute Gasteiger partial charge is 0.477 e. The van der Waals surface area contributed by atoms with Crippen LogP contribution in [0.15, 0.2) is 22.9 Å². The molecule has 0 bridgehead atoms. The molecule has 2 aromatic heterocycles. The minimum atomic E-state index is -1.07. The van der Waals surface area contributed by atoms with Crippen LogP contribution in [0.1, 0.15) is 9.67 Å². The summed E-state index contributed by atoms with van der Waals surface area (Å²) in [7, 11) is -1.07. The minimum Gasteiger partial charge on any atom is -0.477 e. The standard InChI is InChI=1S/C14H19BrN2O3SSi/c1-22(2,3)5-4-20-9-17-8-10(7-16-17)12-6-11(15)13(21-12)14(18)19/h6-8H,4-5,9H2,1-3H3,(H,18,19). The molecule has 5 nitrogen and oxygen atoms in total. The van der Waals surface area contributed by atoms with Crippen LogP contribution < -0.4 is 0 Å². The predicted octanol–water partition coefficient (Wildman–Crippen LogP) is 4.38. The zero-order valence-corrected chi connectivity index (χ0v) is 16.2. The number of hydrogen-bond acceptors (Lipinski definition) is 4. The van der Waals surface area contributed by atoms with Gasteiger partial charge in [0.15, 0.2) is 0 Å². The van der Waals surface area contributed by atoms with Crippen molar-refractivity contribution in [2.24, 2.45) is 0 Å². The Morgan fingerprint density at radius 1 is 1.50 bits per heavy atom. The third-order valence-corrected chi connectivity index (χ3v) is 6.78. The molecule has 120 valence electrons. The lowest BCUT2D eigenvalue weighted by molar-refractivity contribution is 0.0701. The third kappa shape index (κ3) is 4.77. The van der Waals surface area contributed by atoms with Crippen molar-refractivity contribution in [1.29, 1.82) is 0 Å². The molecule has 0 unspecified atom stereocenters. The number of carboxylic acids is 1. The molecule has 0 saturated carbocycles. The Bertz CT molecular complexity index is 663. The van der Waals surface area contributed by atoms with Crippen molar-refractivity contribution in [2.75, 3.05) is 6.61 Å². The van der Waals surface area contributed by atoms with Crippen molar-refractivity contribution in [3.8, 4) is 10.4 Å². The molecule has 8 heteroatoms.